The molecule has 1 aliphatic carbocycles. The van der Waals surface area contributed by atoms with Gasteiger partial charge in [-0.2, -0.15) is 0 Å². The maximum atomic E-state index is 12.8. The summed E-state index contributed by atoms with van der Waals surface area (Å²) in [4.78, 5) is 20.2. The second kappa shape index (κ2) is 9.44. The smallest absolute Gasteiger partial charge is 0.326 e. The van der Waals surface area contributed by atoms with E-state index in [4.69, 9.17) is 9.47 Å². The molecule has 0 N–H and O–H groups in total. The van der Waals surface area contributed by atoms with Crippen LogP contribution in [0.15, 0.2) is 35.5 Å². The van der Waals surface area contributed by atoms with Gasteiger partial charge in [0.15, 0.2) is 0 Å². The third-order valence-electron chi connectivity index (χ3n) is 5.77. The number of amides is 2. The van der Waals surface area contributed by atoms with Crippen LogP contribution in [-0.2, 0) is 4.74 Å². The lowest BCUT2D eigenvalue weighted by molar-refractivity contribution is 0.125. The highest BCUT2D eigenvalue weighted by atomic mass is 16.5. The van der Waals surface area contributed by atoms with Crippen LogP contribution in [0.1, 0.15) is 51.5 Å². The van der Waals surface area contributed by atoms with E-state index in [1.807, 2.05) is 38.1 Å². The molecule has 6 heteroatoms. The quantitative estimate of drug-likeness (QED) is 0.648. The van der Waals surface area contributed by atoms with E-state index in [0.717, 1.165) is 17.9 Å². The topological polar surface area (TPSA) is 54.4 Å². The first-order valence-corrected chi connectivity index (χ1v) is 10.4. The van der Waals surface area contributed by atoms with Gasteiger partial charge >= 0.3 is 6.03 Å². The molecule has 0 aromatic heterocycles. The normalized spacial score (nSPS) is 19.8. The lowest BCUT2D eigenvalue weighted by atomic mass is 9.90. The molecule has 1 aromatic rings. The monoisotopic (exact) mass is 399 g/mol. The molecule has 1 aliphatic heterocycles. The number of carbonyl (C=O) groups excluding carboxylic acids is 1. The van der Waals surface area contributed by atoms with Crippen molar-refractivity contribution in [3.8, 4) is 5.75 Å². The molecule has 2 aliphatic rings. The standard InChI is InChI=1S/C23H33N3O3/c1-23(2)16-28-17-26(23)22(27)25(4)14-21(24-3)19-11-8-12-20(13-19)29-15-18-9-6-5-7-10-18/h8,11-14,18H,3,5-7,9-10,15-17H2,1-2,4H3. The van der Waals surface area contributed by atoms with Crippen molar-refractivity contribution in [2.75, 3.05) is 27.0 Å². The van der Waals surface area contributed by atoms with E-state index in [1.54, 1.807) is 18.1 Å². The van der Waals surface area contributed by atoms with Crippen molar-refractivity contribution < 1.29 is 14.3 Å². The molecule has 2 fully saturated rings. The minimum absolute atomic E-state index is 0.127. The number of ether oxygens (including phenoxy) is 2. The number of aliphatic imine (C=N–C) groups is 1. The van der Waals surface area contributed by atoms with Gasteiger partial charge in [-0.25, -0.2) is 4.79 Å². The summed E-state index contributed by atoms with van der Waals surface area (Å²) in [7, 11) is 1.73. The van der Waals surface area contributed by atoms with Crippen molar-refractivity contribution >= 4 is 18.4 Å². The molecular formula is C23H33N3O3. The molecule has 0 bridgehead atoms. The summed E-state index contributed by atoms with van der Waals surface area (Å²) < 4.78 is 11.5. The van der Waals surface area contributed by atoms with Gasteiger partial charge in [0, 0.05) is 18.8 Å². The Hall–Kier alpha value is -2.34. The van der Waals surface area contributed by atoms with Crippen LogP contribution in [0.25, 0.3) is 5.70 Å². The number of hydrogen-bond donors (Lipinski definition) is 0. The Balaban J connectivity index is 1.68. The van der Waals surface area contributed by atoms with Crippen molar-refractivity contribution in [3.05, 3.63) is 36.0 Å². The fraction of sp³-hybridized carbons (Fsp3) is 0.565. The highest BCUT2D eigenvalue weighted by molar-refractivity contribution is 5.79. The van der Waals surface area contributed by atoms with Gasteiger partial charge in [-0.3, -0.25) is 9.89 Å². The van der Waals surface area contributed by atoms with E-state index in [-0.39, 0.29) is 11.6 Å². The van der Waals surface area contributed by atoms with E-state index >= 15 is 0 Å². The minimum Gasteiger partial charge on any atom is -0.493 e. The first-order chi connectivity index (χ1) is 13.9. The number of nitrogens with zero attached hydrogens (tertiary/aromatic N) is 3. The van der Waals surface area contributed by atoms with E-state index in [2.05, 4.69) is 11.7 Å². The average molecular weight is 400 g/mol. The number of benzene rings is 1. The first kappa shape index (κ1) is 21.4. The lowest BCUT2D eigenvalue weighted by Crippen LogP contribution is -2.48. The zero-order valence-corrected chi connectivity index (χ0v) is 17.9. The summed E-state index contributed by atoms with van der Waals surface area (Å²) in [6.45, 7) is 9.26. The van der Waals surface area contributed by atoms with Gasteiger partial charge in [-0.1, -0.05) is 31.4 Å². The molecule has 1 saturated heterocycles. The third kappa shape index (κ3) is 5.38. The highest BCUT2D eigenvalue weighted by Crippen LogP contribution is 2.27. The van der Waals surface area contributed by atoms with Crippen molar-refractivity contribution in [2.45, 2.75) is 51.5 Å². The van der Waals surface area contributed by atoms with Gasteiger partial charge < -0.3 is 14.4 Å². The van der Waals surface area contributed by atoms with Crippen LogP contribution in [0, 0.1) is 5.92 Å². The first-order valence-electron chi connectivity index (χ1n) is 10.4. The zero-order valence-electron chi connectivity index (χ0n) is 17.9. The average Bonchev–Trinajstić information content (AvgIpc) is 3.09. The molecule has 158 valence electrons. The van der Waals surface area contributed by atoms with E-state index in [1.165, 1.54) is 37.0 Å². The SMILES string of the molecule is C=NC(=CN(C)C(=O)N1COCC1(C)C)c1cccc(OCC2CCCCC2)c1. The van der Waals surface area contributed by atoms with Crippen molar-refractivity contribution in [2.24, 2.45) is 10.9 Å². The molecule has 1 heterocycles. The Morgan fingerprint density at radius 1 is 1.38 bits per heavy atom. The third-order valence-corrected chi connectivity index (χ3v) is 5.77. The van der Waals surface area contributed by atoms with Gasteiger partial charge in [-0.05, 0) is 51.5 Å². The van der Waals surface area contributed by atoms with Crippen molar-refractivity contribution in [1.29, 1.82) is 0 Å². The second-order valence-corrected chi connectivity index (χ2v) is 8.63. The van der Waals surface area contributed by atoms with Gasteiger partial charge in [0.25, 0.3) is 0 Å². The van der Waals surface area contributed by atoms with Gasteiger partial charge in [-0.15, -0.1) is 0 Å². The molecular weight excluding hydrogens is 366 g/mol. The summed E-state index contributed by atoms with van der Waals surface area (Å²) in [5.74, 6) is 1.47. The van der Waals surface area contributed by atoms with Crippen LogP contribution in [0.2, 0.25) is 0 Å². The van der Waals surface area contributed by atoms with Crippen molar-refractivity contribution in [1.82, 2.24) is 9.80 Å². The van der Waals surface area contributed by atoms with Crippen LogP contribution in [0.4, 0.5) is 4.79 Å². The number of urea groups is 1. The number of carbonyl (C=O) groups is 1. The molecule has 0 spiro atoms. The Labute approximate surface area is 174 Å². The molecule has 6 nitrogen and oxygen atoms in total. The Morgan fingerprint density at radius 2 is 2.14 bits per heavy atom. The summed E-state index contributed by atoms with van der Waals surface area (Å²) in [6.07, 6.45) is 8.17. The Kier molecular flexibility index (Phi) is 6.96. The summed E-state index contributed by atoms with van der Waals surface area (Å²) >= 11 is 0. The van der Waals surface area contributed by atoms with Gasteiger partial charge in [0.2, 0.25) is 0 Å². The van der Waals surface area contributed by atoms with Crippen LogP contribution in [-0.4, -0.2) is 55.1 Å². The maximum Gasteiger partial charge on any atom is 0.326 e. The Morgan fingerprint density at radius 3 is 2.79 bits per heavy atom. The molecule has 3 rings (SSSR count). The van der Waals surface area contributed by atoms with Gasteiger partial charge in [0.1, 0.15) is 12.5 Å². The largest absolute Gasteiger partial charge is 0.493 e. The Bertz CT molecular complexity index is 753. The molecule has 1 saturated carbocycles. The minimum atomic E-state index is -0.326. The predicted octanol–water partition coefficient (Wildman–Crippen LogP) is 4.76. The fourth-order valence-electron chi connectivity index (χ4n) is 3.90. The predicted molar refractivity (Wildman–Crippen MR) is 116 cm³/mol. The summed E-state index contributed by atoms with van der Waals surface area (Å²) in [5.41, 5.74) is 1.17. The molecule has 29 heavy (non-hydrogen) atoms. The number of rotatable bonds is 6. The second-order valence-electron chi connectivity index (χ2n) is 8.63. The molecule has 1 aromatic carbocycles. The van der Waals surface area contributed by atoms with Crippen molar-refractivity contribution in [3.63, 3.8) is 0 Å². The molecule has 0 radical (unpaired) electrons. The maximum absolute atomic E-state index is 12.8. The van der Waals surface area contributed by atoms with Crippen LogP contribution in [0.3, 0.4) is 0 Å². The van der Waals surface area contributed by atoms with Crippen LogP contribution >= 0.6 is 0 Å². The molecule has 0 unspecified atom stereocenters. The van der Waals surface area contributed by atoms with E-state index in [9.17, 15) is 4.79 Å². The number of hydrogen-bond acceptors (Lipinski definition) is 4. The van der Waals surface area contributed by atoms with Gasteiger partial charge in [0.05, 0.1) is 24.4 Å². The zero-order chi connectivity index (χ0) is 20.9. The molecule has 0 atom stereocenters. The summed E-state index contributed by atoms with van der Waals surface area (Å²) in [6, 6.07) is 7.70. The van der Waals surface area contributed by atoms with Crippen LogP contribution in [0.5, 0.6) is 5.75 Å². The van der Waals surface area contributed by atoms with E-state index < -0.39 is 0 Å². The van der Waals surface area contributed by atoms with Crippen LogP contribution < -0.4 is 4.74 Å². The fourth-order valence-corrected chi connectivity index (χ4v) is 3.90. The molecule has 2 amide bonds. The highest BCUT2D eigenvalue weighted by Gasteiger charge is 2.37. The lowest BCUT2D eigenvalue weighted by Gasteiger charge is -2.31. The summed E-state index contributed by atoms with van der Waals surface area (Å²) in [5, 5.41) is 0. The van der Waals surface area contributed by atoms with E-state index in [0.29, 0.717) is 25.0 Å².